The van der Waals surface area contributed by atoms with Crippen LogP contribution in [0.1, 0.15) is 22.0 Å². The molecule has 0 spiro atoms. The first-order valence-corrected chi connectivity index (χ1v) is 6.86. The highest BCUT2D eigenvalue weighted by Crippen LogP contribution is 2.15. The predicted molar refractivity (Wildman–Crippen MR) is 84.5 cm³/mol. The summed E-state index contributed by atoms with van der Waals surface area (Å²) in [7, 11) is 3.90. The third-order valence-corrected chi connectivity index (χ3v) is 3.34. The molecule has 0 saturated carbocycles. The summed E-state index contributed by atoms with van der Waals surface area (Å²) in [6, 6.07) is 16.4. The number of amides is 1. The first kappa shape index (κ1) is 15.1. The van der Waals surface area contributed by atoms with Gasteiger partial charge in [0.15, 0.2) is 0 Å². The number of aliphatic hydroxyl groups excluding tert-OH is 1. The zero-order valence-corrected chi connectivity index (χ0v) is 12.3. The molecule has 0 aliphatic rings. The normalized spacial score (nSPS) is 11.8. The summed E-state index contributed by atoms with van der Waals surface area (Å²) in [5.74, 6) is -0.191. The van der Waals surface area contributed by atoms with Crippen molar-refractivity contribution in [3.05, 3.63) is 65.7 Å². The van der Waals surface area contributed by atoms with Gasteiger partial charge < -0.3 is 15.3 Å². The second-order valence-corrected chi connectivity index (χ2v) is 5.06. The van der Waals surface area contributed by atoms with Crippen molar-refractivity contribution in [1.82, 2.24) is 5.32 Å². The van der Waals surface area contributed by atoms with E-state index in [9.17, 15) is 9.90 Å². The average Bonchev–Trinajstić information content (AvgIpc) is 2.53. The quantitative estimate of drug-likeness (QED) is 0.885. The van der Waals surface area contributed by atoms with Gasteiger partial charge in [-0.3, -0.25) is 4.79 Å². The Morgan fingerprint density at radius 3 is 2.24 bits per heavy atom. The average molecular weight is 284 g/mol. The molecule has 4 nitrogen and oxygen atoms in total. The highest BCUT2D eigenvalue weighted by molar-refractivity contribution is 5.94. The Hall–Kier alpha value is -2.33. The van der Waals surface area contributed by atoms with Crippen molar-refractivity contribution in [1.29, 1.82) is 0 Å². The standard InChI is InChI=1S/C17H20N2O2/c1-19(2)15-10-8-14(9-11-15)17(21)18-16(12-20)13-6-4-3-5-7-13/h3-11,16,20H,12H2,1-2H3,(H,18,21)/t16-/m1/s1. The summed E-state index contributed by atoms with van der Waals surface area (Å²) in [5.41, 5.74) is 2.50. The van der Waals surface area contributed by atoms with Crippen molar-refractivity contribution in [3.63, 3.8) is 0 Å². The van der Waals surface area contributed by atoms with Gasteiger partial charge in [0, 0.05) is 25.3 Å². The molecule has 0 aromatic heterocycles. The van der Waals surface area contributed by atoms with Gasteiger partial charge in [0.25, 0.3) is 5.91 Å². The topological polar surface area (TPSA) is 52.6 Å². The Bertz CT molecular complexity index is 579. The predicted octanol–water partition coefficient (Wildman–Crippen LogP) is 2.22. The maximum atomic E-state index is 12.2. The highest BCUT2D eigenvalue weighted by atomic mass is 16.3. The lowest BCUT2D eigenvalue weighted by atomic mass is 10.1. The van der Waals surface area contributed by atoms with Crippen molar-refractivity contribution in [2.24, 2.45) is 0 Å². The summed E-state index contributed by atoms with van der Waals surface area (Å²) < 4.78 is 0. The number of nitrogens with one attached hydrogen (secondary N) is 1. The Morgan fingerprint density at radius 2 is 1.71 bits per heavy atom. The lowest BCUT2D eigenvalue weighted by Crippen LogP contribution is -2.30. The van der Waals surface area contributed by atoms with Crippen molar-refractivity contribution in [2.75, 3.05) is 25.6 Å². The van der Waals surface area contributed by atoms with Gasteiger partial charge in [-0.25, -0.2) is 0 Å². The summed E-state index contributed by atoms with van der Waals surface area (Å²) >= 11 is 0. The fourth-order valence-corrected chi connectivity index (χ4v) is 2.07. The van der Waals surface area contributed by atoms with Crippen molar-refractivity contribution in [3.8, 4) is 0 Å². The molecule has 0 fully saturated rings. The summed E-state index contributed by atoms with van der Waals surface area (Å²) in [4.78, 5) is 14.2. The monoisotopic (exact) mass is 284 g/mol. The van der Waals surface area contributed by atoms with E-state index in [-0.39, 0.29) is 12.5 Å². The van der Waals surface area contributed by atoms with Crippen LogP contribution in [-0.4, -0.2) is 31.7 Å². The van der Waals surface area contributed by atoms with Crippen LogP contribution < -0.4 is 10.2 Å². The van der Waals surface area contributed by atoms with Gasteiger partial charge in [0.1, 0.15) is 0 Å². The third kappa shape index (κ3) is 3.83. The van der Waals surface area contributed by atoms with Crippen LogP contribution in [0.2, 0.25) is 0 Å². The van der Waals surface area contributed by atoms with E-state index >= 15 is 0 Å². The van der Waals surface area contributed by atoms with E-state index in [0.29, 0.717) is 5.56 Å². The molecule has 2 rings (SSSR count). The second-order valence-electron chi connectivity index (χ2n) is 5.06. The number of hydrogen-bond acceptors (Lipinski definition) is 3. The number of hydrogen-bond donors (Lipinski definition) is 2. The van der Waals surface area contributed by atoms with Crippen LogP contribution in [0.5, 0.6) is 0 Å². The molecule has 0 bridgehead atoms. The van der Waals surface area contributed by atoms with E-state index in [1.807, 2.05) is 61.5 Å². The van der Waals surface area contributed by atoms with Crippen molar-refractivity contribution < 1.29 is 9.90 Å². The minimum atomic E-state index is -0.396. The number of carbonyl (C=O) groups excluding carboxylic acids is 1. The Kier molecular flexibility index (Phi) is 4.95. The molecule has 110 valence electrons. The first-order valence-electron chi connectivity index (χ1n) is 6.86. The Labute approximate surface area is 125 Å². The Morgan fingerprint density at radius 1 is 1.10 bits per heavy atom. The molecular formula is C17H20N2O2. The molecule has 0 heterocycles. The highest BCUT2D eigenvalue weighted by Gasteiger charge is 2.14. The molecule has 2 aromatic carbocycles. The summed E-state index contributed by atoms with van der Waals surface area (Å²) in [6.07, 6.45) is 0. The second kappa shape index (κ2) is 6.90. The molecule has 0 aliphatic heterocycles. The fraction of sp³-hybridized carbons (Fsp3) is 0.235. The molecule has 0 aliphatic carbocycles. The van der Waals surface area contributed by atoms with Gasteiger partial charge in [-0.2, -0.15) is 0 Å². The van der Waals surface area contributed by atoms with Crippen LogP contribution in [0.15, 0.2) is 54.6 Å². The molecule has 21 heavy (non-hydrogen) atoms. The number of aliphatic hydroxyl groups is 1. The van der Waals surface area contributed by atoms with Gasteiger partial charge in [-0.05, 0) is 29.8 Å². The van der Waals surface area contributed by atoms with E-state index in [1.165, 1.54) is 0 Å². The maximum Gasteiger partial charge on any atom is 0.251 e. The van der Waals surface area contributed by atoms with Crippen LogP contribution >= 0.6 is 0 Å². The lowest BCUT2D eigenvalue weighted by Gasteiger charge is -2.17. The molecule has 1 atom stereocenters. The van der Waals surface area contributed by atoms with Gasteiger partial charge in [-0.15, -0.1) is 0 Å². The van der Waals surface area contributed by atoms with E-state index < -0.39 is 6.04 Å². The SMILES string of the molecule is CN(C)c1ccc(C(=O)N[C@H](CO)c2ccccc2)cc1. The lowest BCUT2D eigenvalue weighted by molar-refractivity contribution is 0.0916. The Balaban J connectivity index is 2.09. The number of nitrogens with zero attached hydrogens (tertiary/aromatic N) is 1. The maximum absolute atomic E-state index is 12.2. The number of rotatable bonds is 5. The zero-order valence-electron chi connectivity index (χ0n) is 12.3. The summed E-state index contributed by atoms with van der Waals surface area (Å²) in [5, 5.41) is 12.3. The molecular weight excluding hydrogens is 264 g/mol. The molecule has 2 aromatic rings. The first-order chi connectivity index (χ1) is 10.1. The molecule has 0 unspecified atom stereocenters. The van der Waals surface area contributed by atoms with Crippen LogP contribution in [0.25, 0.3) is 0 Å². The fourth-order valence-electron chi connectivity index (χ4n) is 2.07. The minimum absolute atomic E-state index is 0.133. The van der Waals surface area contributed by atoms with Gasteiger partial charge in [0.2, 0.25) is 0 Å². The van der Waals surface area contributed by atoms with Crippen molar-refractivity contribution in [2.45, 2.75) is 6.04 Å². The molecule has 0 saturated heterocycles. The van der Waals surface area contributed by atoms with Gasteiger partial charge >= 0.3 is 0 Å². The molecule has 1 amide bonds. The van der Waals surface area contributed by atoms with Crippen LogP contribution in [0.3, 0.4) is 0 Å². The largest absolute Gasteiger partial charge is 0.394 e. The molecule has 0 radical (unpaired) electrons. The van der Waals surface area contributed by atoms with Crippen LogP contribution in [0, 0.1) is 0 Å². The molecule has 4 heteroatoms. The zero-order chi connectivity index (χ0) is 15.2. The number of anilines is 1. The third-order valence-electron chi connectivity index (χ3n) is 3.34. The van der Waals surface area contributed by atoms with Crippen LogP contribution in [-0.2, 0) is 0 Å². The van der Waals surface area contributed by atoms with Gasteiger partial charge in [-0.1, -0.05) is 30.3 Å². The minimum Gasteiger partial charge on any atom is -0.394 e. The van der Waals surface area contributed by atoms with Crippen molar-refractivity contribution >= 4 is 11.6 Å². The van der Waals surface area contributed by atoms with Crippen LogP contribution in [0.4, 0.5) is 5.69 Å². The molecule has 2 N–H and O–H groups in total. The van der Waals surface area contributed by atoms with E-state index in [1.54, 1.807) is 12.1 Å². The number of benzene rings is 2. The van der Waals surface area contributed by atoms with E-state index in [4.69, 9.17) is 0 Å². The van der Waals surface area contributed by atoms with E-state index in [0.717, 1.165) is 11.3 Å². The van der Waals surface area contributed by atoms with Gasteiger partial charge in [0.05, 0.1) is 12.6 Å². The number of carbonyl (C=O) groups is 1. The smallest absolute Gasteiger partial charge is 0.251 e. The van der Waals surface area contributed by atoms with E-state index in [2.05, 4.69) is 5.32 Å². The summed E-state index contributed by atoms with van der Waals surface area (Å²) in [6.45, 7) is -0.133.